The van der Waals surface area contributed by atoms with E-state index in [9.17, 15) is 26.9 Å². The fourth-order valence-electron chi connectivity index (χ4n) is 1.93. The van der Waals surface area contributed by atoms with Gasteiger partial charge in [0.25, 0.3) is 15.7 Å². The van der Waals surface area contributed by atoms with Crippen molar-refractivity contribution in [3.05, 3.63) is 58.1 Å². The van der Waals surface area contributed by atoms with E-state index in [2.05, 4.69) is 4.72 Å². The first-order valence-electron chi connectivity index (χ1n) is 6.41. The first-order valence-corrected chi connectivity index (χ1v) is 9.44. The molecule has 24 heavy (non-hydrogen) atoms. The summed E-state index contributed by atoms with van der Waals surface area (Å²) in [5.41, 5.74) is 0.125. The third kappa shape index (κ3) is 3.88. The summed E-state index contributed by atoms with van der Waals surface area (Å²) in [7, 11) is -8.04. The van der Waals surface area contributed by atoms with Gasteiger partial charge >= 0.3 is 0 Å². The number of nitrogens with zero attached hydrogens (tertiary/aromatic N) is 1. The number of rotatable bonds is 5. The average Bonchev–Trinajstić information content (AvgIpc) is 2.48. The monoisotopic (exact) mass is 371 g/mol. The summed E-state index contributed by atoms with van der Waals surface area (Å²) in [6.45, 7) is 1.52. The molecule has 0 heterocycles. The van der Waals surface area contributed by atoms with Crippen LogP contribution in [0.3, 0.4) is 0 Å². The van der Waals surface area contributed by atoms with Crippen LogP contribution in [0.1, 0.15) is 5.56 Å². The Kier molecular flexibility index (Phi) is 4.60. The molecule has 9 nitrogen and oxygen atoms in total. The third-order valence-corrected chi connectivity index (χ3v) is 5.55. The van der Waals surface area contributed by atoms with Crippen LogP contribution in [0.25, 0.3) is 0 Å². The van der Waals surface area contributed by atoms with Crippen molar-refractivity contribution in [2.75, 3.05) is 4.72 Å². The van der Waals surface area contributed by atoms with Crippen LogP contribution in [0.2, 0.25) is 0 Å². The summed E-state index contributed by atoms with van der Waals surface area (Å²) in [6, 6.07) is 8.16. The van der Waals surface area contributed by atoms with Crippen molar-refractivity contribution in [3.63, 3.8) is 0 Å². The maximum absolute atomic E-state index is 12.3. The van der Waals surface area contributed by atoms with Crippen molar-refractivity contribution in [3.8, 4) is 0 Å². The van der Waals surface area contributed by atoms with Gasteiger partial charge in [-0.25, -0.2) is 22.0 Å². The highest BCUT2D eigenvalue weighted by atomic mass is 32.2. The number of nitro groups is 1. The Morgan fingerprint density at radius 1 is 1.04 bits per heavy atom. The fourth-order valence-corrected chi connectivity index (χ4v) is 3.79. The second-order valence-electron chi connectivity index (χ2n) is 4.88. The third-order valence-electron chi connectivity index (χ3n) is 3.10. The van der Waals surface area contributed by atoms with Crippen molar-refractivity contribution < 1.29 is 21.8 Å². The van der Waals surface area contributed by atoms with Gasteiger partial charge in [-0.3, -0.25) is 14.8 Å². The summed E-state index contributed by atoms with van der Waals surface area (Å²) in [6.07, 6.45) is 0. The van der Waals surface area contributed by atoms with Gasteiger partial charge in [0, 0.05) is 12.1 Å². The number of sulfonamides is 2. The van der Waals surface area contributed by atoms with Crippen LogP contribution in [-0.4, -0.2) is 21.8 Å². The molecule has 2 aromatic rings. The van der Waals surface area contributed by atoms with Gasteiger partial charge in [-0.15, -0.1) is 0 Å². The minimum absolute atomic E-state index is 0.00276. The van der Waals surface area contributed by atoms with Crippen molar-refractivity contribution in [2.45, 2.75) is 16.7 Å². The standard InChI is InChI=1S/C13H13N3O6S2/c1-9-2-3-10(8-13(9)23(14,19)20)15-24(21,22)12-6-4-11(5-7-12)16(17)18/h2-8,15H,1H3,(H2,14,19,20). The quantitative estimate of drug-likeness (QED) is 0.598. The van der Waals surface area contributed by atoms with E-state index in [4.69, 9.17) is 5.14 Å². The fraction of sp³-hybridized carbons (Fsp3) is 0.0769. The molecule has 0 aromatic heterocycles. The van der Waals surface area contributed by atoms with Crippen LogP contribution in [-0.2, 0) is 20.0 Å². The predicted molar refractivity (Wildman–Crippen MR) is 86.5 cm³/mol. The Bertz CT molecular complexity index is 999. The first-order chi connectivity index (χ1) is 11.0. The van der Waals surface area contributed by atoms with E-state index < -0.39 is 25.0 Å². The molecule has 0 saturated heterocycles. The van der Waals surface area contributed by atoms with Crippen molar-refractivity contribution >= 4 is 31.4 Å². The molecule has 0 spiro atoms. The van der Waals surface area contributed by atoms with E-state index in [-0.39, 0.29) is 21.2 Å². The molecule has 2 aromatic carbocycles. The number of nitrogens with two attached hydrogens (primary N) is 1. The summed E-state index contributed by atoms with van der Waals surface area (Å²) in [4.78, 5) is 9.53. The Labute approximate surface area is 138 Å². The number of hydrogen-bond acceptors (Lipinski definition) is 6. The highest BCUT2D eigenvalue weighted by Gasteiger charge is 2.18. The van der Waals surface area contributed by atoms with Gasteiger partial charge in [0.1, 0.15) is 0 Å². The maximum Gasteiger partial charge on any atom is 0.269 e. The molecule has 11 heteroatoms. The number of anilines is 1. The van der Waals surface area contributed by atoms with Crippen molar-refractivity contribution in [1.82, 2.24) is 0 Å². The van der Waals surface area contributed by atoms with Crippen molar-refractivity contribution in [2.24, 2.45) is 5.14 Å². The number of non-ortho nitro benzene ring substituents is 1. The Hall–Kier alpha value is -2.50. The van der Waals surface area contributed by atoms with E-state index in [1.807, 2.05) is 0 Å². The minimum Gasteiger partial charge on any atom is -0.280 e. The summed E-state index contributed by atoms with van der Waals surface area (Å²) in [5.74, 6) is 0. The zero-order chi connectivity index (χ0) is 18.1. The van der Waals surface area contributed by atoms with Gasteiger partial charge in [0.05, 0.1) is 20.4 Å². The number of primary sulfonamides is 1. The molecule has 0 saturated carbocycles. The molecular formula is C13H13N3O6S2. The molecule has 0 bridgehead atoms. The number of nitrogens with one attached hydrogen (secondary N) is 1. The summed E-state index contributed by atoms with van der Waals surface area (Å²) < 4.78 is 49.7. The summed E-state index contributed by atoms with van der Waals surface area (Å²) >= 11 is 0. The zero-order valence-electron chi connectivity index (χ0n) is 12.3. The van der Waals surface area contributed by atoms with Crippen LogP contribution < -0.4 is 9.86 Å². The lowest BCUT2D eigenvalue weighted by atomic mass is 10.2. The van der Waals surface area contributed by atoms with Gasteiger partial charge < -0.3 is 0 Å². The molecule has 0 radical (unpaired) electrons. The topological polar surface area (TPSA) is 149 Å². The molecule has 0 unspecified atom stereocenters. The number of aryl methyl sites for hydroxylation is 1. The summed E-state index contributed by atoms with van der Waals surface area (Å²) in [5, 5.41) is 15.7. The van der Waals surface area contributed by atoms with E-state index in [1.54, 1.807) is 0 Å². The van der Waals surface area contributed by atoms with Crippen LogP contribution in [0, 0.1) is 17.0 Å². The van der Waals surface area contributed by atoms with E-state index in [0.29, 0.717) is 5.56 Å². The predicted octanol–water partition coefficient (Wildman–Crippen LogP) is 1.35. The Morgan fingerprint density at radius 2 is 1.62 bits per heavy atom. The lowest BCUT2D eigenvalue weighted by Gasteiger charge is -2.10. The average molecular weight is 371 g/mol. The SMILES string of the molecule is Cc1ccc(NS(=O)(=O)c2ccc([N+](=O)[O-])cc2)cc1S(N)(=O)=O. The molecule has 128 valence electrons. The zero-order valence-corrected chi connectivity index (χ0v) is 14.0. The highest BCUT2D eigenvalue weighted by Crippen LogP contribution is 2.23. The van der Waals surface area contributed by atoms with E-state index in [0.717, 1.165) is 30.3 Å². The smallest absolute Gasteiger partial charge is 0.269 e. The lowest BCUT2D eigenvalue weighted by molar-refractivity contribution is -0.384. The number of nitro benzene ring substituents is 1. The van der Waals surface area contributed by atoms with Gasteiger partial charge in [-0.05, 0) is 36.8 Å². The first kappa shape index (κ1) is 17.8. The molecule has 0 amide bonds. The van der Waals surface area contributed by atoms with Crippen LogP contribution in [0.4, 0.5) is 11.4 Å². The molecule has 0 aliphatic heterocycles. The van der Waals surface area contributed by atoms with Gasteiger partial charge in [-0.1, -0.05) is 6.07 Å². The maximum atomic E-state index is 12.3. The molecule has 2 rings (SSSR count). The van der Waals surface area contributed by atoms with Crippen LogP contribution in [0.5, 0.6) is 0 Å². The molecule has 3 N–H and O–H groups in total. The largest absolute Gasteiger partial charge is 0.280 e. The normalized spacial score (nSPS) is 11.9. The Morgan fingerprint density at radius 3 is 2.12 bits per heavy atom. The molecular weight excluding hydrogens is 358 g/mol. The molecule has 0 fully saturated rings. The second kappa shape index (κ2) is 6.19. The van der Waals surface area contributed by atoms with Gasteiger partial charge in [-0.2, -0.15) is 0 Å². The van der Waals surface area contributed by atoms with Gasteiger partial charge in [0.2, 0.25) is 10.0 Å². The van der Waals surface area contributed by atoms with E-state index >= 15 is 0 Å². The molecule has 0 atom stereocenters. The van der Waals surface area contributed by atoms with Crippen molar-refractivity contribution in [1.29, 1.82) is 0 Å². The van der Waals surface area contributed by atoms with Gasteiger partial charge in [0.15, 0.2) is 0 Å². The van der Waals surface area contributed by atoms with Crippen LogP contribution in [0.15, 0.2) is 52.3 Å². The van der Waals surface area contributed by atoms with E-state index in [1.165, 1.54) is 19.1 Å². The molecule has 0 aliphatic carbocycles. The lowest BCUT2D eigenvalue weighted by Crippen LogP contribution is -2.16. The number of benzene rings is 2. The Balaban J connectivity index is 2.38. The highest BCUT2D eigenvalue weighted by molar-refractivity contribution is 7.92. The van der Waals surface area contributed by atoms with Crippen LogP contribution >= 0.6 is 0 Å². The minimum atomic E-state index is -4.04. The number of hydrogen-bond donors (Lipinski definition) is 2. The second-order valence-corrected chi connectivity index (χ2v) is 8.09. The molecule has 0 aliphatic rings.